The molecule has 0 heterocycles. The standard InChI is InChI=1S/C18H25N3O3/c22-18(19-16-8-4-5-9-17(16)21(23)24)13-20(15-10-11-15)12-14-6-2-1-3-7-14/h4-5,8-9,14-15H,1-3,6-7,10-13H2,(H,19,22). The van der Waals surface area contributed by atoms with Crippen molar-refractivity contribution < 1.29 is 9.72 Å². The molecule has 1 N–H and O–H groups in total. The van der Waals surface area contributed by atoms with Gasteiger partial charge in [-0.15, -0.1) is 0 Å². The van der Waals surface area contributed by atoms with E-state index in [0.29, 0.717) is 18.5 Å². The van der Waals surface area contributed by atoms with Gasteiger partial charge in [-0.3, -0.25) is 19.8 Å². The fourth-order valence-corrected chi connectivity index (χ4v) is 3.60. The highest BCUT2D eigenvalue weighted by Gasteiger charge is 2.32. The number of amides is 1. The third-order valence-corrected chi connectivity index (χ3v) is 5.00. The van der Waals surface area contributed by atoms with Crippen molar-refractivity contribution in [3.05, 3.63) is 34.4 Å². The zero-order valence-electron chi connectivity index (χ0n) is 13.9. The number of carbonyl (C=O) groups is 1. The molecular formula is C18H25N3O3. The van der Waals surface area contributed by atoms with Crippen LogP contribution in [-0.2, 0) is 4.79 Å². The molecule has 0 bridgehead atoms. The molecule has 2 fully saturated rings. The van der Waals surface area contributed by atoms with Crippen LogP contribution in [0.1, 0.15) is 44.9 Å². The van der Waals surface area contributed by atoms with E-state index in [4.69, 9.17) is 0 Å². The summed E-state index contributed by atoms with van der Waals surface area (Å²) in [5.41, 5.74) is 0.219. The van der Waals surface area contributed by atoms with E-state index in [2.05, 4.69) is 10.2 Å². The minimum Gasteiger partial charge on any atom is -0.319 e. The molecule has 0 atom stereocenters. The number of carbonyl (C=O) groups excluding carboxylic acids is 1. The molecule has 0 spiro atoms. The first-order valence-electron chi connectivity index (χ1n) is 8.91. The van der Waals surface area contributed by atoms with Crippen LogP contribution in [-0.4, -0.2) is 34.9 Å². The molecule has 6 heteroatoms. The van der Waals surface area contributed by atoms with E-state index in [1.54, 1.807) is 18.2 Å². The summed E-state index contributed by atoms with van der Waals surface area (Å²) in [6.07, 6.45) is 8.76. The molecule has 0 aromatic heterocycles. The third kappa shape index (κ3) is 4.54. The minimum atomic E-state index is -0.462. The zero-order chi connectivity index (χ0) is 16.9. The van der Waals surface area contributed by atoms with Crippen molar-refractivity contribution in [3.8, 4) is 0 Å². The largest absolute Gasteiger partial charge is 0.319 e. The van der Waals surface area contributed by atoms with E-state index in [1.807, 2.05) is 0 Å². The number of nitrogens with zero attached hydrogens (tertiary/aromatic N) is 2. The van der Waals surface area contributed by atoms with E-state index in [9.17, 15) is 14.9 Å². The van der Waals surface area contributed by atoms with Crippen molar-refractivity contribution in [1.82, 2.24) is 4.90 Å². The van der Waals surface area contributed by atoms with Gasteiger partial charge in [0, 0.05) is 18.7 Å². The first-order valence-corrected chi connectivity index (χ1v) is 8.91. The second-order valence-electron chi connectivity index (χ2n) is 6.99. The molecule has 24 heavy (non-hydrogen) atoms. The SMILES string of the molecule is O=C(CN(CC1CCCCC1)C1CC1)Nc1ccccc1[N+](=O)[O-]. The van der Waals surface area contributed by atoms with Crippen LogP contribution in [0.25, 0.3) is 0 Å². The van der Waals surface area contributed by atoms with E-state index in [-0.39, 0.29) is 17.3 Å². The van der Waals surface area contributed by atoms with Crippen LogP contribution in [0, 0.1) is 16.0 Å². The molecule has 0 unspecified atom stereocenters. The molecule has 0 aliphatic heterocycles. The number of benzene rings is 1. The number of nitrogens with one attached hydrogen (secondary N) is 1. The molecule has 2 aliphatic rings. The van der Waals surface area contributed by atoms with Crippen LogP contribution < -0.4 is 5.32 Å². The van der Waals surface area contributed by atoms with Gasteiger partial charge >= 0.3 is 0 Å². The van der Waals surface area contributed by atoms with Crippen LogP contribution in [0.3, 0.4) is 0 Å². The molecular weight excluding hydrogens is 306 g/mol. The normalized spacial score (nSPS) is 18.5. The number of anilines is 1. The highest BCUT2D eigenvalue weighted by Crippen LogP contribution is 2.31. The van der Waals surface area contributed by atoms with Crippen LogP contribution in [0.5, 0.6) is 0 Å². The van der Waals surface area contributed by atoms with Crippen LogP contribution in [0.2, 0.25) is 0 Å². The van der Waals surface area contributed by atoms with E-state index >= 15 is 0 Å². The van der Waals surface area contributed by atoms with Crippen molar-refractivity contribution in [2.75, 3.05) is 18.4 Å². The van der Waals surface area contributed by atoms with Gasteiger partial charge < -0.3 is 5.32 Å². The van der Waals surface area contributed by atoms with Crippen LogP contribution >= 0.6 is 0 Å². The predicted molar refractivity (Wildman–Crippen MR) is 92.9 cm³/mol. The maximum absolute atomic E-state index is 12.4. The molecule has 2 aliphatic carbocycles. The lowest BCUT2D eigenvalue weighted by Gasteiger charge is -2.29. The average molecular weight is 331 g/mol. The third-order valence-electron chi connectivity index (χ3n) is 5.00. The van der Waals surface area contributed by atoms with Crippen molar-refractivity contribution in [2.24, 2.45) is 5.92 Å². The van der Waals surface area contributed by atoms with Gasteiger partial charge in [-0.05, 0) is 37.7 Å². The molecule has 1 aromatic rings. The molecule has 0 saturated heterocycles. The summed E-state index contributed by atoms with van der Waals surface area (Å²) in [7, 11) is 0. The lowest BCUT2D eigenvalue weighted by molar-refractivity contribution is -0.383. The number of rotatable bonds is 7. The van der Waals surface area contributed by atoms with Gasteiger partial charge in [-0.2, -0.15) is 0 Å². The Balaban J connectivity index is 1.58. The van der Waals surface area contributed by atoms with Crippen LogP contribution in [0.4, 0.5) is 11.4 Å². The Kier molecular flexibility index (Phi) is 5.45. The minimum absolute atomic E-state index is 0.0592. The van der Waals surface area contributed by atoms with Crippen molar-refractivity contribution >= 4 is 17.3 Å². The smallest absolute Gasteiger partial charge is 0.292 e. The maximum atomic E-state index is 12.4. The lowest BCUT2D eigenvalue weighted by Crippen LogP contribution is -2.38. The predicted octanol–water partition coefficient (Wildman–Crippen LogP) is 3.58. The number of nitro benzene ring substituents is 1. The summed E-state index contributed by atoms with van der Waals surface area (Å²) < 4.78 is 0. The second kappa shape index (κ2) is 7.75. The molecule has 2 saturated carbocycles. The number of hydrogen-bond acceptors (Lipinski definition) is 4. The Morgan fingerprint density at radius 1 is 1.17 bits per heavy atom. The fourth-order valence-electron chi connectivity index (χ4n) is 3.60. The Bertz CT molecular complexity index is 595. The van der Waals surface area contributed by atoms with E-state index in [1.165, 1.54) is 38.2 Å². The van der Waals surface area contributed by atoms with Gasteiger partial charge in [-0.25, -0.2) is 0 Å². The monoisotopic (exact) mass is 331 g/mol. The van der Waals surface area contributed by atoms with E-state index < -0.39 is 4.92 Å². The Hall–Kier alpha value is -1.95. The number of para-hydroxylation sites is 2. The summed E-state index contributed by atoms with van der Waals surface area (Å²) in [6, 6.07) is 6.81. The quantitative estimate of drug-likeness (QED) is 0.612. The van der Waals surface area contributed by atoms with Crippen molar-refractivity contribution in [2.45, 2.75) is 51.0 Å². The topological polar surface area (TPSA) is 75.5 Å². The Morgan fingerprint density at radius 2 is 1.88 bits per heavy atom. The lowest BCUT2D eigenvalue weighted by atomic mass is 9.89. The van der Waals surface area contributed by atoms with Crippen LogP contribution in [0.15, 0.2) is 24.3 Å². The van der Waals surface area contributed by atoms with Gasteiger partial charge in [0.2, 0.25) is 5.91 Å². The number of hydrogen-bond donors (Lipinski definition) is 1. The van der Waals surface area contributed by atoms with Crippen molar-refractivity contribution in [1.29, 1.82) is 0 Å². The summed E-state index contributed by atoms with van der Waals surface area (Å²) in [5.74, 6) is 0.533. The van der Waals surface area contributed by atoms with Gasteiger partial charge in [0.05, 0.1) is 11.5 Å². The Morgan fingerprint density at radius 3 is 2.54 bits per heavy atom. The second-order valence-corrected chi connectivity index (χ2v) is 6.99. The molecule has 3 rings (SSSR count). The molecule has 130 valence electrons. The summed E-state index contributed by atoms with van der Waals surface area (Å²) in [4.78, 5) is 25.3. The van der Waals surface area contributed by atoms with Gasteiger partial charge in [0.1, 0.15) is 5.69 Å². The van der Waals surface area contributed by atoms with Gasteiger partial charge in [-0.1, -0.05) is 31.4 Å². The highest BCUT2D eigenvalue weighted by molar-refractivity contribution is 5.94. The molecule has 0 radical (unpaired) electrons. The molecule has 1 aromatic carbocycles. The first-order chi connectivity index (χ1) is 11.6. The maximum Gasteiger partial charge on any atom is 0.292 e. The van der Waals surface area contributed by atoms with Gasteiger partial charge in [0.25, 0.3) is 5.69 Å². The summed E-state index contributed by atoms with van der Waals surface area (Å²) in [6.45, 7) is 1.31. The van der Waals surface area contributed by atoms with Gasteiger partial charge in [0.15, 0.2) is 0 Å². The summed E-state index contributed by atoms with van der Waals surface area (Å²) in [5, 5.41) is 13.8. The molecule has 6 nitrogen and oxygen atoms in total. The Labute approximate surface area is 142 Å². The van der Waals surface area contributed by atoms with Crippen molar-refractivity contribution in [3.63, 3.8) is 0 Å². The zero-order valence-corrected chi connectivity index (χ0v) is 13.9. The summed E-state index contributed by atoms with van der Waals surface area (Å²) >= 11 is 0. The highest BCUT2D eigenvalue weighted by atomic mass is 16.6. The first kappa shape index (κ1) is 16.9. The fraction of sp³-hybridized carbons (Fsp3) is 0.611. The average Bonchev–Trinajstić information content (AvgIpc) is 3.40. The molecule has 1 amide bonds. The van der Waals surface area contributed by atoms with E-state index in [0.717, 1.165) is 19.4 Å². The number of nitro groups is 1.